The van der Waals surface area contributed by atoms with Gasteiger partial charge in [-0.15, -0.1) is 0 Å². The van der Waals surface area contributed by atoms with Crippen LogP contribution in [-0.4, -0.2) is 31.3 Å². The molecular weight excluding hydrogens is 506 g/mol. The highest BCUT2D eigenvalue weighted by molar-refractivity contribution is 5.91. The Labute approximate surface area is 228 Å². The summed E-state index contributed by atoms with van der Waals surface area (Å²) in [7, 11) is 0. The Bertz CT molecular complexity index is 1090. The summed E-state index contributed by atoms with van der Waals surface area (Å²) in [6, 6.07) is 10.7. The molecule has 212 valence electrons. The van der Waals surface area contributed by atoms with E-state index in [0.717, 1.165) is 25.7 Å². The lowest BCUT2D eigenvalue weighted by molar-refractivity contribution is -0.223. The number of nitrogen functional groups attached to an aromatic ring is 2. The van der Waals surface area contributed by atoms with Gasteiger partial charge < -0.3 is 25.7 Å². The normalized spacial score (nSPS) is 17.6. The maximum absolute atomic E-state index is 14.7. The van der Waals surface area contributed by atoms with Crippen molar-refractivity contribution in [3.63, 3.8) is 0 Å². The molecule has 2 aromatic rings. The highest BCUT2D eigenvalue weighted by atomic mass is 19.3. The van der Waals surface area contributed by atoms with E-state index in [4.69, 9.17) is 25.7 Å². The van der Waals surface area contributed by atoms with Crippen molar-refractivity contribution in [2.24, 2.45) is 11.8 Å². The van der Waals surface area contributed by atoms with E-state index in [1.165, 1.54) is 36.4 Å². The molecule has 1 fully saturated rings. The third-order valence-electron chi connectivity index (χ3n) is 6.79. The van der Waals surface area contributed by atoms with Crippen LogP contribution in [0, 0.1) is 11.8 Å². The largest absolute Gasteiger partial charge is 0.463 e. The van der Waals surface area contributed by atoms with Gasteiger partial charge in [-0.2, -0.15) is 8.78 Å². The monoisotopic (exact) mass is 544 g/mol. The highest BCUT2D eigenvalue weighted by Gasteiger charge is 2.43. The van der Waals surface area contributed by atoms with E-state index >= 15 is 0 Å². The third-order valence-corrected chi connectivity index (χ3v) is 6.79. The quantitative estimate of drug-likeness (QED) is 0.126. The van der Waals surface area contributed by atoms with Gasteiger partial charge >= 0.3 is 18.0 Å². The highest BCUT2D eigenvalue weighted by Crippen LogP contribution is 2.41. The van der Waals surface area contributed by atoms with E-state index in [2.05, 4.69) is 6.92 Å². The second-order valence-electron chi connectivity index (χ2n) is 9.97. The molecule has 9 heteroatoms. The molecule has 0 saturated heterocycles. The molecule has 1 aliphatic rings. The number of halogens is 2. The van der Waals surface area contributed by atoms with Gasteiger partial charge in [0.15, 0.2) is 0 Å². The van der Waals surface area contributed by atoms with E-state index in [1.54, 1.807) is 18.2 Å². The van der Waals surface area contributed by atoms with Crippen molar-refractivity contribution in [2.45, 2.75) is 64.4 Å². The number of hydrogen-bond acceptors (Lipinski definition) is 7. The van der Waals surface area contributed by atoms with Crippen molar-refractivity contribution in [1.29, 1.82) is 0 Å². The fraction of sp³-hybridized carbons (Fsp3) is 0.467. The van der Waals surface area contributed by atoms with Crippen molar-refractivity contribution in [3.8, 4) is 5.75 Å². The molecule has 0 aliphatic heterocycles. The minimum absolute atomic E-state index is 0.0929. The van der Waals surface area contributed by atoms with Crippen LogP contribution in [-0.2, 0) is 14.3 Å². The molecule has 0 amide bonds. The lowest BCUT2D eigenvalue weighted by Crippen LogP contribution is -2.37. The van der Waals surface area contributed by atoms with Gasteiger partial charge in [-0.05, 0) is 86.4 Å². The number of ether oxygens (including phenoxy) is 3. The summed E-state index contributed by atoms with van der Waals surface area (Å²) in [6.45, 7) is 2.45. The fourth-order valence-electron chi connectivity index (χ4n) is 4.71. The molecule has 1 aliphatic carbocycles. The molecular formula is C30H38F2N2O5. The summed E-state index contributed by atoms with van der Waals surface area (Å²) >= 11 is 0. The smallest absolute Gasteiger partial charge is 0.400 e. The summed E-state index contributed by atoms with van der Waals surface area (Å²) in [6.07, 6.45) is 5.40. The molecule has 39 heavy (non-hydrogen) atoms. The lowest BCUT2D eigenvalue weighted by Gasteiger charge is -2.33. The minimum Gasteiger partial charge on any atom is -0.463 e. The third kappa shape index (κ3) is 9.89. The number of esters is 2. The van der Waals surface area contributed by atoms with Crippen LogP contribution in [0.5, 0.6) is 5.75 Å². The van der Waals surface area contributed by atoms with E-state index in [-0.39, 0.29) is 24.5 Å². The molecule has 3 rings (SSSR count). The first kappa shape index (κ1) is 29.9. The van der Waals surface area contributed by atoms with Crippen molar-refractivity contribution in [1.82, 2.24) is 0 Å². The average molecular weight is 545 g/mol. The maximum atomic E-state index is 14.7. The van der Waals surface area contributed by atoms with E-state index in [9.17, 15) is 18.4 Å². The van der Waals surface area contributed by atoms with Crippen molar-refractivity contribution < 1.29 is 32.6 Å². The van der Waals surface area contributed by atoms with Crippen molar-refractivity contribution >= 4 is 29.4 Å². The zero-order valence-corrected chi connectivity index (χ0v) is 22.4. The Kier molecular flexibility index (Phi) is 11.1. The lowest BCUT2D eigenvalue weighted by atomic mass is 9.79. The van der Waals surface area contributed by atoms with Crippen LogP contribution in [0.1, 0.15) is 74.2 Å². The summed E-state index contributed by atoms with van der Waals surface area (Å²) in [5.41, 5.74) is 13.0. The van der Waals surface area contributed by atoms with E-state index in [1.807, 2.05) is 0 Å². The van der Waals surface area contributed by atoms with Gasteiger partial charge in [-0.3, -0.25) is 0 Å². The molecule has 7 nitrogen and oxygen atoms in total. The van der Waals surface area contributed by atoms with E-state index < -0.39 is 24.0 Å². The van der Waals surface area contributed by atoms with Gasteiger partial charge in [0, 0.05) is 17.5 Å². The van der Waals surface area contributed by atoms with Gasteiger partial charge in [0.1, 0.15) is 5.75 Å². The molecule has 0 aromatic heterocycles. The second-order valence-corrected chi connectivity index (χ2v) is 9.97. The number of carbonyl (C=O) groups is 2. The maximum Gasteiger partial charge on any atom is 0.400 e. The predicted octanol–water partition coefficient (Wildman–Crippen LogP) is 6.62. The Morgan fingerprint density at radius 2 is 1.56 bits per heavy atom. The summed E-state index contributed by atoms with van der Waals surface area (Å²) in [5, 5.41) is 0. The predicted molar refractivity (Wildman–Crippen MR) is 147 cm³/mol. The second kappa shape index (κ2) is 14.5. The molecule has 0 unspecified atom stereocenters. The topological polar surface area (TPSA) is 114 Å². The fourth-order valence-corrected chi connectivity index (χ4v) is 4.71. The summed E-state index contributed by atoms with van der Waals surface area (Å²) in [5.74, 6) is -1.19. The van der Waals surface area contributed by atoms with Crippen molar-refractivity contribution in [2.75, 3.05) is 24.7 Å². The molecule has 1 saturated carbocycles. The molecule has 4 N–H and O–H groups in total. The summed E-state index contributed by atoms with van der Waals surface area (Å²) in [4.78, 5) is 24.0. The number of rotatable bonds is 13. The van der Waals surface area contributed by atoms with Gasteiger partial charge in [0.2, 0.25) is 0 Å². The number of carbonyl (C=O) groups excluding carboxylic acids is 2. The van der Waals surface area contributed by atoms with Gasteiger partial charge in [0.25, 0.3) is 0 Å². The number of benzene rings is 2. The number of nitrogens with two attached hydrogens (primary N) is 2. The summed E-state index contributed by atoms with van der Waals surface area (Å²) < 4.78 is 44.7. The minimum atomic E-state index is -3.21. The average Bonchev–Trinajstić information content (AvgIpc) is 2.90. The molecule has 2 aromatic carbocycles. The Morgan fingerprint density at radius 1 is 0.949 bits per heavy atom. The Morgan fingerprint density at radius 3 is 2.18 bits per heavy atom. The molecule has 0 spiro atoms. The van der Waals surface area contributed by atoms with Crippen LogP contribution in [0.15, 0.2) is 48.5 Å². The zero-order valence-electron chi connectivity index (χ0n) is 22.4. The van der Waals surface area contributed by atoms with Crippen LogP contribution < -0.4 is 16.2 Å². The number of alkyl halides is 2. The molecule has 0 atom stereocenters. The molecule has 0 heterocycles. The van der Waals surface area contributed by atoms with Crippen molar-refractivity contribution in [3.05, 3.63) is 59.7 Å². The van der Waals surface area contributed by atoms with Crippen LogP contribution in [0.25, 0.3) is 6.08 Å². The van der Waals surface area contributed by atoms with Crippen LogP contribution >= 0.6 is 0 Å². The molecule has 0 bridgehead atoms. The van der Waals surface area contributed by atoms with Crippen LogP contribution in [0.3, 0.4) is 0 Å². The standard InChI is InChI=1S/C30H38F2N2O5/c1-2-5-21-6-11-24(12-7-21)30(31,32)39-27-13-8-22(9-14-27)10-15-28(35)37-16-3-4-17-38-29(36)23-18-25(33)20-26(34)19-23/h8-10,13-15,18-21,24H,2-7,11-12,16-17,33-34H2,1H3. The Balaban J connectivity index is 1.33. The number of unbranched alkanes of at least 4 members (excludes halogenated alkanes) is 1. The number of hydrogen-bond donors (Lipinski definition) is 2. The first-order valence-electron chi connectivity index (χ1n) is 13.5. The number of anilines is 2. The first-order chi connectivity index (χ1) is 18.7. The van der Waals surface area contributed by atoms with Crippen LogP contribution in [0.4, 0.5) is 20.2 Å². The molecule has 0 radical (unpaired) electrons. The van der Waals surface area contributed by atoms with Crippen LogP contribution in [0.2, 0.25) is 0 Å². The van der Waals surface area contributed by atoms with E-state index in [0.29, 0.717) is 48.5 Å². The zero-order chi connectivity index (χ0) is 28.3. The first-order valence-corrected chi connectivity index (χ1v) is 13.5. The SMILES string of the molecule is CCCC1CCC(C(F)(F)Oc2ccc(C=CC(=O)OCCCCOC(=O)c3cc(N)cc(N)c3)cc2)CC1. The Hall–Kier alpha value is -3.62. The van der Waals surface area contributed by atoms with Gasteiger partial charge in [-0.25, -0.2) is 9.59 Å². The van der Waals surface area contributed by atoms with Gasteiger partial charge in [0.05, 0.1) is 24.7 Å². The van der Waals surface area contributed by atoms with Gasteiger partial charge in [-0.1, -0.05) is 31.9 Å².